The third kappa shape index (κ3) is 6.46. The lowest BCUT2D eigenvalue weighted by molar-refractivity contribution is -0.142. The first-order chi connectivity index (χ1) is 14.7. The van der Waals surface area contributed by atoms with Crippen LogP contribution in [0.25, 0.3) is 11.1 Å². The molecule has 1 unspecified atom stereocenters. The molecule has 2 aromatic rings. The molecule has 2 rings (SSSR count). The molecular formula is C20H17F6N3O3. The molecule has 0 bridgehead atoms. The first-order valence-electron chi connectivity index (χ1n) is 8.83. The van der Waals surface area contributed by atoms with Crippen LogP contribution in [-0.2, 0) is 21.8 Å². The van der Waals surface area contributed by atoms with Gasteiger partial charge in [0, 0.05) is 6.92 Å². The lowest BCUT2D eigenvalue weighted by atomic mass is 9.94. The van der Waals surface area contributed by atoms with E-state index < -0.39 is 47.1 Å². The van der Waals surface area contributed by atoms with Crippen molar-refractivity contribution in [3.05, 3.63) is 59.2 Å². The lowest BCUT2D eigenvalue weighted by Gasteiger charge is -2.20. The molecule has 0 saturated heterocycles. The van der Waals surface area contributed by atoms with Gasteiger partial charge in [0.15, 0.2) is 11.8 Å². The average molecular weight is 461 g/mol. The molecule has 0 aliphatic rings. The second kappa shape index (κ2) is 9.28. The summed E-state index contributed by atoms with van der Waals surface area (Å²) in [4.78, 5) is 11.2. The summed E-state index contributed by atoms with van der Waals surface area (Å²) in [7, 11) is 0. The smallest absolute Gasteiger partial charge is 0.417 e. The second-order valence-corrected chi connectivity index (χ2v) is 6.59. The Labute approximate surface area is 178 Å². The standard InChI is InChI=1S/C20H17F6N3O3/c1-10(27)31-17(28)9-16(32-18(29)30)12-4-2-3-11(7-12)14-6-5-13(19(21,22)23)8-15(14)20(24,25)26/h2-8,16,27-28H,9H2,1H3,(H2,29,30). The fraction of sp³-hybridized carbons (Fsp3) is 0.250. The number of nitrogens with two attached hydrogens (primary N) is 1. The summed E-state index contributed by atoms with van der Waals surface area (Å²) in [6.07, 6.45) is -12.9. The number of alkyl halides is 6. The summed E-state index contributed by atoms with van der Waals surface area (Å²) in [5.41, 5.74) is 1.58. The van der Waals surface area contributed by atoms with Gasteiger partial charge in [0.2, 0.25) is 0 Å². The Morgan fingerprint density at radius 1 is 1.03 bits per heavy atom. The van der Waals surface area contributed by atoms with Gasteiger partial charge in [0.05, 0.1) is 17.5 Å². The van der Waals surface area contributed by atoms with Crippen LogP contribution in [0, 0.1) is 10.8 Å². The van der Waals surface area contributed by atoms with Gasteiger partial charge in [-0.05, 0) is 34.9 Å². The van der Waals surface area contributed by atoms with E-state index in [4.69, 9.17) is 26.0 Å². The Hall–Kier alpha value is -3.57. The van der Waals surface area contributed by atoms with Gasteiger partial charge < -0.3 is 15.2 Å². The number of carbonyl (C=O) groups is 1. The predicted molar refractivity (Wildman–Crippen MR) is 102 cm³/mol. The van der Waals surface area contributed by atoms with Crippen LogP contribution in [0.2, 0.25) is 0 Å². The molecule has 0 aliphatic carbocycles. The zero-order valence-electron chi connectivity index (χ0n) is 16.4. The van der Waals surface area contributed by atoms with Gasteiger partial charge in [-0.25, -0.2) is 4.79 Å². The van der Waals surface area contributed by atoms with Gasteiger partial charge in [-0.2, -0.15) is 26.3 Å². The van der Waals surface area contributed by atoms with E-state index in [1.165, 1.54) is 31.2 Å². The largest absolute Gasteiger partial charge is 0.441 e. The van der Waals surface area contributed by atoms with Gasteiger partial charge in [0.25, 0.3) is 0 Å². The normalized spacial score (nSPS) is 12.7. The molecule has 0 fully saturated rings. The Balaban J connectivity index is 2.54. The van der Waals surface area contributed by atoms with Gasteiger partial charge in [0.1, 0.15) is 6.10 Å². The van der Waals surface area contributed by atoms with Gasteiger partial charge in [-0.3, -0.25) is 10.8 Å². The lowest BCUT2D eigenvalue weighted by Crippen LogP contribution is -2.21. The maximum Gasteiger partial charge on any atom is 0.417 e. The SMILES string of the molecule is CC(=N)OC(=N)CC(OC(N)=O)c1cccc(-c2ccc(C(F)(F)F)cc2C(F)(F)F)c1. The minimum atomic E-state index is -5.08. The molecule has 0 radical (unpaired) electrons. The third-order valence-corrected chi connectivity index (χ3v) is 4.13. The number of hydrogen-bond donors (Lipinski definition) is 3. The Morgan fingerprint density at radius 2 is 1.69 bits per heavy atom. The highest BCUT2D eigenvalue weighted by atomic mass is 19.4. The van der Waals surface area contributed by atoms with Crippen molar-refractivity contribution in [1.82, 2.24) is 0 Å². The zero-order valence-corrected chi connectivity index (χ0v) is 16.4. The van der Waals surface area contributed by atoms with E-state index in [2.05, 4.69) is 0 Å². The maximum absolute atomic E-state index is 13.5. The Kier molecular flexibility index (Phi) is 7.17. The highest BCUT2D eigenvalue weighted by Crippen LogP contribution is 2.41. The number of nitrogens with one attached hydrogen (secondary N) is 2. The molecule has 0 heterocycles. The van der Waals surface area contributed by atoms with Crippen LogP contribution in [0.15, 0.2) is 42.5 Å². The summed E-state index contributed by atoms with van der Waals surface area (Å²) in [5, 5.41) is 14.9. The van der Waals surface area contributed by atoms with E-state index in [1.54, 1.807) is 0 Å². The summed E-state index contributed by atoms with van der Waals surface area (Å²) >= 11 is 0. The van der Waals surface area contributed by atoms with Gasteiger partial charge in [-0.1, -0.05) is 24.3 Å². The quantitative estimate of drug-likeness (QED) is 0.293. The molecule has 0 aromatic heterocycles. The second-order valence-electron chi connectivity index (χ2n) is 6.59. The van der Waals surface area contributed by atoms with Crippen LogP contribution in [0.3, 0.4) is 0 Å². The third-order valence-electron chi connectivity index (χ3n) is 4.13. The minimum absolute atomic E-state index is 0.0236. The van der Waals surface area contributed by atoms with Gasteiger partial charge >= 0.3 is 18.4 Å². The van der Waals surface area contributed by atoms with Crippen LogP contribution in [0.4, 0.5) is 31.1 Å². The highest BCUT2D eigenvalue weighted by Gasteiger charge is 2.38. The number of carbonyl (C=O) groups excluding carboxylic acids is 1. The first-order valence-corrected chi connectivity index (χ1v) is 8.83. The fourth-order valence-corrected chi connectivity index (χ4v) is 2.88. The topological polar surface area (TPSA) is 109 Å². The van der Waals surface area contributed by atoms with Crippen LogP contribution in [0.1, 0.15) is 36.1 Å². The molecule has 2 aromatic carbocycles. The molecule has 172 valence electrons. The van der Waals surface area contributed by atoms with Crippen molar-refractivity contribution >= 4 is 17.9 Å². The van der Waals surface area contributed by atoms with E-state index in [9.17, 15) is 31.1 Å². The van der Waals surface area contributed by atoms with E-state index in [0.29, 0.717) is 12.1 Å². The van der Waals surface area contributed by atoms with Crippen molar-refractivity contribution < 1.29 is 40.6 Å². The van der Waals surface area contributed by atoms with Crippen molar-refractivity contribution in [2.75, 3.05) is 0 Å². The van der Waals surface area contributed by atoms with Crippen LogP contribution in [0.5, 0.6) is 0 Å². The molecule has 6 nitrogen and oxygen atoms in total. The molecule has 32 heavy (non-hydrogen) atoms. The van der Waals surface area contributed by atoms with Gasteiger partial charge in [-0.15, -0.1) is 0 Å². The molecule has 1 amide bonds. The van der Waals surface area contributed by atoms with Crippen molar-refractivity contribution in [3.8, 4) is 11.1 Å². The number of amides is 1. The minimum Gasteiger partial charge on any atom is -0.441 e. The van der Waals surface area contributed by atoms with E-state index in [1.807, 2.05) is 0 Å². The van der Waals surface area contributed by atoms with Crippen LogP contribution in [-0.4, -0.2) is 17.9 Å². The molecule has 0 spiro atoms. The fourth-order valence-electron chi connectivity index (χ4n) is 2.88. The monoisotopic (exact) mass is 461 g/mol. The number of halogens is 6. The summed E-state index contributed by atoms with van der Waals surface area (Å²) in [6.45, 7) is 1.25. The van der Waals surface area contributed by atoms with E-state index >= 15 is 0 Å². The van der Waals surface area contributed by atoms with Crippen LogP contribution >= 0.6 is 0 Å². The van der Waals surface area contributed by atoms with Crippen molar-refractivity contribution in [2.24, 2.45) is 5.73 Å². The van der Waals surface area contributed by atoms with Crippen molar-refractivity contribution in [1.29, 1.82) is 10.8 Å². The first kappa shape index (κ1) is 24.7. The average Bonchev–Trinajstić information content (AvgIpc) is 2.64. The van der Waals surface area contributed by atoms with Crippen molar-refractivity contribution in [2.45, 2.75) is 31.8 Å². The van der Waals surface area contributed by atoms with Crippen LogP contribution < -0.4 is 5.73 Å². The Morgan fingerprint density at radius 3 is 2.22 bits per heavy atom. The summed E-state index contributed by atoms with van der Waals surface area (Å²) < 4.78 is 89.0. The van der Waals surface area contributed by atoms with Crippen molar-refractivity contribution in [3.63, 3.8) is 0 Å². The molecule has 0 saturated carbocycles. The number of rotatable bonds is 5. The van der Waals surface area contributed by atoms with E-state index in [-0.39, 0.29) is 29.5 Å². The number of primary amides is 1. The summed E-state index contributed by atoms with van der Waals surface area (Å²) in [5.74, 6) is -0.791. The molecule has 12 heteroatoms. The number of ether oxygens (including phenoxy) is 2. The summed E-state index contributed by atoms with van der Waals surface area (Å²) in [6, 6.07) is 6.37. The predicted octanol–water partition coefficient (Wildman–Crippen LogP) is 5.91. The Bertz CT molecular complexity index is 1030. The number of hydrogen-bond acceptors (Lipinski definition) is 5. The molecule has 4 N–H and O–H groups in total. The molecular weight excluding hydrogens is 444 g/mol. The zero-order chi connectivity index (χ0) is 24.3. The maximum atomic E-state index is 13.5. The number of benzene rings is 2. The molecule has 1 atom stereocenters. The highest BCUT2D eigenvalue weighted by molar-refractivity contribution is 5.87. The molecule has 0 aliphatic heterocycles. The van der Waals surface area contributed by atoms with E-state index in [0.717, 1.165) is 0 Å².